The molecule has 0 aliphatic rings. The van der Waals surface area contributed by atoms with Crippen molar-refractivity contribution >= 4 is 17.2 Å². The molecule has 5 nitrogen and oxygen atoms in total. The monoisotopic (exact) mass is 307 g/mol. The molecule has 112 valence electrons. The van der Waals surface area contributed by atoms with Gasteiger partial charge in [0.25, 0.3) is 5.91 Å². The first-order chi connectivity index (χ1) is 10.2. The van der Waals surface area contributed by atoms with E-state index in [0.717, 1.165) is 0 Å². The molecule has 1 aromatic heterocycles. The SMILES string of the molecule is COc1ccc(OC)c([C@H](O)CNC(=O)c2cccs2)c1. The van der Waals surface area contributed by atoms with Gasteiger partial charge in [0.1, 0.15) is 17.6 Å². The van der Waals surface area contributed by atoms with E-state index in [0.29, 0.717) is 21.9 Å². The van der Waals surface area contributed by atoms with E-state index in [4.69, 9.17) is 9.47 Å². The Kier molecular flexibility index (Phi) is 5.19. The molecule has 6 heteroatoms. The third-order valence-electron chi connectivity index (χ3n) is 3.00. The second-order valence-corrected chi connectivity index (χ2v) is 5.26. The molecule has 0 radical (unpaired) electrons. The van der Waals surface area contributed by atoms with Crippen LogP contribution < -0.4 is 14.8 Å². The van der Waals surface area contributed by atoms with E-state index in [-0.39, 0.29) is 12.5 Å². The first kappa shape index (κ1) is 15.3. The highest BCUT2D eigenvalue weighted by molar-refractivity contribution is 7.12. The zero-order valence-electron chi connectivity index (χ0n) is 11.8. The summed E-state index contributed by atoms with van der Waals surface area (Å²) in [6.07, 6.45) is -0.876. The number of hydrogen-bond donors (Lipinski definition) is 2. The molecule has 0 aliphatic heterocycles. The molecule has 0 saturated heterocycles. The van der Waals surface area contributed by atoms with Crippen LogP contribution >= 0.6 is 11.3 Å². The molecule has 21 heavy (non-hydrogen) atoms. The molecule has 0 aliphatic carbocycles. The Labute approximate surface area is 127 Å². The second-order valence-electron chi connectivity index (χ2n) is 4.31. The predicted molar refractivity (Wildman–Crippen MR) is 81.2 cm³/mol. The third kappa shape index (κ3) is 3.74. The van der Waals surface area contributed by atoms with Crippen LogP contribution in [0.5, 0.6) is 11.5 Å². The first-order valence-corrected chi connectivity index (χ1v) is 7.25. The lowest BCUT2D eigenvalue weighted by Crippen LogP contribution is -2.27. The maximum atomic E-state index is 11.9. The van der Waals surface area contributed by atoms with Gasteiger partial charge in [0, 0.05) is 12.1 Å². The Hall–Kier alpha value is -2.05. The largest absolute Gasteiger partial charge is 0.497 e. The fourth-order valence-electron chi connectivity index (χ4n) is 1.89. The summed E-state index contributed by atoms with van der Waals surface area (Å²) >= 11 is 1.35. The zero-order chi connectivity index (χ0) is 15.2. The quantitative estimate of drug-likeness (QED) is 0.859. The number of hydrogen-bond acceptors (Lipinski definition) is 5. The molecule has 0 spiro atoms. The molecular weight excluding hydrogens is 290 g/mol. The van der Waals surface area contributed by atoms with E-state index in [1.54, 1.807) is 37.4 Å². The average Bonchev–Trinajstić information content (AvgIpc) is 3.06. The van der Waals surface area contributed by atoms with Crippen molar-refractivity contribution in [3.8, 4) is 11.5 Å². The Morgan fingerprint density at radius 3 is 2.76 bits per heavy atom. The number of aliphatic hydroxyl groups is 1. The summed E-state index contributed by atoms with van der Waals surface area (Å²) in [5.74, 6) is 0.967. The maximum Gasteiger partial charge on any atom is 0.261 e. The van der Waals surface area contributed by atoms with Crippen LogP contribution in [0.15, 0.2) is 35.7 Å². The van der Waals surface area contributed by atoms with Crippen LogP contribution in [-0.2, 0) is 0 Å². The van der Waals surface area contributed by atoms with Gasteiger partial charge in [-0.3, -0.25) is 4.79 Å². The zero-order valence-corrected chi connectivity index (χ0v) is 12.6. The topological polar surface area (TPSA) is 67.8 Å². The van der Waals surface area contributed by atoms with Gasteiger partial charge in [-0.2, -0.15) is 0 Å². The van der Waals surface area contributed by atoms with E-state index in [2.05, 4.69) is 5.32 Å². The smallest absolute Gasteiger partial charge is 0.261 e. The van der Waals surface area contributed by atoms with Gasteiger partial charge in [-0.1, -0.05) is 6.07 Å². The van der Waals surface area contributed by atoms with Gasteiger partial charge >= 0.3 is 0 Å². The van der Waals surface area contributed by atoms with Gasteiger partial charge in [-0.15, -0.1) is 11.3 Å². The lowest BCUT2D eigenvalue weighted by Gasteiger charge is -2.16. The van der Waals surface area contributed by atoms with Crippen molar-refractivity contribution in [2.45, 2.75) is 6.10 Å². The highest BCUT2D eigenvalue weighted by Gasteiger charge is 2.16. The number of aliphatic hydroxyl groups excluding tert-OH is 1. The number of methoxy groups -OCH3 is 2. The number of carbonyl (C=O) groups is 1. The number of benzene rings is 1. The van der Waals surface area contributed by atoms with Crippen LogP contribution in [0.4, 0.5) is 0 Å². The van der Waals surface area contributed by atoms with E-state index in [1.807, 2.05) is 5.38 Å². The normalized spacial score (nSPS) is 11.8. The fourth-order valence-corrected chi connectivity index (χ4v) is 2.53. The first-order valence-electron chi connectivity index (χ1n) is 6.37. The number of carbonyl (C=O) groups excluding carboxylic acids is 1. The van der Waals surface area contributed by atoms with Crippen LogP contribution in [0.2, 0.25) is 0 Å². The standard InChI is InChI=1S/C15H17NO4S/c1-19-10-5-6-13(20-2)11(8-10)12(17)9-16-15(18)14-4-3-7-21-14/h3-8,12,17H,9H2,1-2H3,(H,16,18)/t12-/m1/s1. The Bertz CT molecular complexity index is 598. The average molecular weight is 307 g/mol. The van der Waals surface area contributed by atoms with Crippen molar-refractivity contribution in [3.63, 3.8) is 0 Å². The maximum absolute atomic E-state index is 11.9. The molecule has 2 N–H and O–H groups in total. The van der Waals surface area contributed by atoms with Crippen LogP contribution in [-0.4, -0.2) is 31.8 Å². The van der Waals surface area contributed by atoms with Crippen molar-refractivity contribution in [2.75, 3.05) is 20.8 Å². The molecule has 2 aromatic rings. The Morgan fingerprint density at radius 1 is 1.33 bits per heavy atom. The minimum absolute atomic E-state index is 0.0975. The highest BCUT2D eigenvalue weighted by Crippen LogP contribution is 2.29. The van der Waals surface area contributed by atoms with E-state index in [1.165, 1.54) is 18.4 Å². The molecule has 0 saturated carbocycles. The second kappa shape index (κ2) is 7.10. The van der Waals surface area contributed by atoms with Gasteiger partial charge in [-0.05, 0) is 29.6 Å². The summed E-state index contributed by atoms with van der Waals surface area (Å²) in [5, 5.41) is 14.8. The number of nitrogens with one attached hydrogen (secondary N) is 1. The van der Waals surface area contributed by atoms with Crippen molar-refractivity contribution < 1.29 is 19.4 Å². The third-order valence-corrected chi connectivity index (χ3v) is 3.87. The minimum atomic E-state index is -0.876. The van der Waals surface area contributed by atoms with Gasteiger partial charge in [0.05, 0.1) is 19.1 Å². The van der Waals surface area contributed by atoms with Crippen molar-refractivity contribution in [3.05, 3.63) is 46.2 Å². The van der Waals surface area contributed by atoms with Crippen LogP contribution in [0, 0.1) is 0 Å². The van der Waals surface area contributed by atoms with Crippen LogP contribution in [0.1, 0.15) is 21.3 Å². The molecule has 0 fully saturated rings. The minimum Gasteiger partial charge on any atom is -0.497 e. The number of amides is 1. The number of thiophene rings is 1. The summed E-state index contributed by atoms with van der Waals surface area (Å²) in [5.41, 5.74) is 0.573. The molecule has 2 rings (SSSR count). The summed E-state index contributed by atoms with van der Waals surface area (Å²) in [6.45, 7) is 0.0975. The predicted octanol–water partition coefficient (Wildman–Crippen LogP) is 2.23. The van der Waals surface area contributed by atoms with Crippen molar-refractivity contribution in [2.24, 2.45) is 0 Å². The van der Waals surface area contributed by atoms with Crippen molar-refractivity contribution in [1.29, 1.82) is 0 Å². The fraction of sp³-hybridized carbons (Fsp3) is 0.267. The molecule has 0 bridgehead atoms. The van der Waals surface area contributed by atoms with E-state index >= 15 is 0 Å². The van der Waals surface area contributed by atoms with Gasteiger partial charge < -0.3 is 19.9 Å². The van der Waals surface area contributed by atoms with E-state index < -0.39 is 6.10 Å². The highest BCUT2D eigenvalue weighted by atomic mass is 32.1. The number of ether oxygens (including phenoxy) is 2. The van der Waals surface area contributed by atoms with Crippen LogP contribution in [0.25, 0.3) is 0 Å². The molecule has 1 atom stereocenters. The van der Waals surface area contributed by atoms with Crippen molar-refractivity contribution in [1.82, 2.24) is 5.32 Å². The molecule has 1 heterocycles. The Morgan fingerprint density at radius 2 is 2.14 bits per heavy atom. The summed E-state index contributed by atoms with van der Waals surface area (Å²) < 4.78 is 10.4. The summed E-state index contributed by atoms with van der Waals surface area (Å²) in [7, 11) is 3.08. The number of rotatable bonds is 6. The summed E-state index contributed by atoms with van der Waals surface area (Å²) in [6, 6.07) is 8.71. The van der Waals surface area contributed by atoms with Crippen LogP contribution in [0.3, 0.4) is 0 Å². The summed E-state index contributed by atoms with van der Waals surface area (Å²) in [4.78, 5) is 12.5. The Balaban J connectivity index is 2.05. The molecule has 0 unspecified atom stereocenters. The lowest BCUT2D eigenvalue weighted by atomic mass is 10.1. The lowest BCUT2D eigenvalue weighted by molar-refractivity contribution is 0.0918. The van der Waals surface area contributed by atoms with E-state index in [9.17, 15) is 9.90 Å². The van der Waals surface area contributed by atoms with Gasteiger partial charge in [0.2, 0.25) is 0 Å². The molecular formula is C15H17NO4S. The molecule has 1 aromatic carbocycles. The molecule has 1 amide bonds. The van der Waals surface area contributed by atoms with Gasteiger partial charge in [-0.25, -0.2) is 0 Å². The van der Waals surface area contributed by atoms with Gasteiger partial charge in [0.15, 0.2) is 0 Å².